The van der Waals surface area contributed by atoms with Crippen molar-refractivity contribution < 1.29 is 28.8 Å². The van der Waals surface area contributed by atoms with Gasteiger partial charge in [0.1, 0.15) is 0 Å². The van der Waals surface area contributed by atoms with Crippen molar-refractivity contribution in [2.75, 3.05) is 39.3 Å². The van der Waals surface area contributed by atoms with Crippen LogP contribution in [0.2, 0.25) is 0 Å². The van der Waals surface area contributed by atoms with Gasteiger partial charge in [0.2, 0.25) is 0 Å². The highest BCUT2D eigenvalue weighted by Crippen LogP contribution is 2.41. The summed E-state index contributed by atoms with van der Waals surface area (Å²) in [5.74, 6) is -2.08. The van der Waals surface area contributed by atoms with Gasteiger partial charge in [-0.05, 0) is 77.0 Å². The fraction of sp³-hybridized carbons (Fsp3) is 0.961. The number of nitrogens with zero attached hydrogens (tertiary/aromatic N) is 2. The van der Waals surface area contributed by atoms with Crippen LogP contribution in [0.4, 0.5) is 0 Å². The Kier molecular flexibility index (Phi) is 37.1. The monoisotopic (exact) mass is 809 g/mol. The second-order valence-electron chi connectivity index (χ2n) is 18.5. The minimum atomic E-state index is -1.90. The van der Waals surface area contributed by atoms with Crippen LogP contribution in [-0.4, -0.2) is 76.0 Å². The molecule has 0 aliphatic carbocycles. The summed E-state index contributed by atoms with van der Waals surface area (Å²) in [6, 6.07) is 0. The van der Waals surface area contributed by atoms with Gasteiger partial charge in [0.05, 0.1) is 39.3 Å². The summed E-state index contributed by atoms with van der Waals surface area (Å²) >= 11 is 0. The van der Waals surface area contributed by atoms with Crippen molar-refractivity contribution in [3.63, 3.8) is 0 Å². The summed E-state index contributed by atoms with van der Waals surface area (Å²) in [5, 5.41) is 24.2. The Balaban J connectivity index is 7.59. The molecule has 57 heavy (non-hydrogen) atoms. The largest absolute Gasteiger partial charge is 0.471 e. The molecule has 6 nitrogen and oxygen atoms in total. The predicted molar refractivity (Wildman–Crippen MR) is 248 cm³/mol. The normalized spacial score (nSPS) is 12.5. The van der Waals surface area contributed by atoms with E-state index in [1.165, 1.54) is 116 Å². The zero-order valence-electron chi connectivity index (χ0n) is 39.8. The molecule has 0 aliphatic heterocycles. The van der Waals surface area contributed by atoms with Crippen LogP contribution in [0.1, 0.15) is 273 Å². The summed E-state index contributed by atoms with van der Waals surface area (Å²) in [4.78, 5) is 29.6. The minimum Gasteiger partial charge on any atom is -0.471 e. The summed E-state index contributed by atoms with van der Waals surface area (Å²) in [7, 11) is 0. The maximum absolute atomic E-state index is 14.8. The molecule has 0 bridgehead atoms. The molecule has 340 valence electrons. The van der Waals surface area contributed by atoms with E-state index in [9.17, 15) is 19.8 Å². The first-order chi connectivity index (χ1) is 27.8. The highest BCUT2D eigenvalue weighted by molar-refractivity contribution is 5.99. The van der Waals surface area contributed by atoms with Crippen molar-refractivity contribution in [2.24, 2.45) is 0 Å². The van der Waals surface area contributed by atoms with E-state index in [0.29, 0.717) is 39.3 Å². The first-order valence-electron chi connectivity index (χ1n) is 25.9. The van der Waals surface area contributed by atoms with E-state index >= 15 is 0 Å². The standard InChI is InChI=1S/C51H102N2O4/c1-7-13-19-25-31-37-43-52(44-38-32-26-20-14-8-2,45-39-33-27-21-15-9-3)51(49(54)55,50(56)57)53(46-40-34-28-22-16-10-4,47-41-35-29-23-17-11-5)48-42-36-30-24-18-12-6/h7-48H2,1-6H3/p+2. The van der Waals surface area contributed by atoms with Crippen LogP contribution in [0.5, 0.6) is 0 Å². The Morgan fingerprint density at radius 2 is 0.421 bits per heavy atom. The summed E-state index contributed by atoms with van der Waals surface area (Å²) in [6.07, 6.45) is 40.7. The molecule has 0 saturated heterocycles. The molecule has 0 heterocycles. The molecule has 0 aliphatic rings. The van der Waals surface area contributed by atoms with Gasteiger partial charge in [0, 0.05) is 0 Å². The van der Waals surface area contributed by atoms with Gasteiger partial charge in [-0.15, -0.1) is 0 Å². The molecule has 0 aromatic heterocycles. The lowest BCUT2D eigenvalue weighted by molar-refractivity contribution is -1.14. The second kappa shape index (κ2) is 37.8. The number of carboxylic acid groups (broad SMARTS) is 2. The van der Waals surface area contributed by atoms with Crippen LogP contribution in [-0.2, 0) is 9.59 Å². The number of unbranched alkanes of at least 4 members (excludes halogenated alkanes) is 30. The lowest BCUT2D eigenvalue weighted by atomic mass is 9.91. The molecule has 0 unspecified atom stereocenters. The average Bonchev–Trinajstić information content (AvgIpc) is 3.19. The summed E-state index contributed by atoms with van der Waals surface area (Å²) in [5.41, 5.74) is -1.90. The van der Waals surface area contributed by atoms with Crippen LogP contribution in [0.15, 0.2) is 0 Å². The van der Waals surface area contributed by atoms with Gasteiger partial charge in [-0.3, -0.25) is 8.97 Å². The van der Waals surface area contributed by atoms with Gasteiger partial charge >= 0.3 is 17.6 Å². The number of carbonyl (C=O) groups is 2. The van der Waals surface area contributed by atoms with E-state index in [-0.39, 0.29) is 8.97 Å². The molecule has 0 aromatic carbocycles. The fourth-order valence-corrected chi connectivity index (χ4v) is 10.2. The van der Waals surface area contributed by atoms with Gasteiger partial charge in [-0.2, -0.15) is 0 Å². The predicted octanol–water partition coefficient (Wildman–Crippen LogP) is 15.6. The van der Waals surface area contributed by atoms with Gasteiger partial charge in [0.15, 0.2) is 0 Å². The highest BCUT2D eigenvalue weighted by Gasteiger charge is 2.75. The second-order valence-corrected chi connectivity index (χ2v) is 18.5. The third-order valence-electron chi connectivity index (χ3n) is 13.6. The lowest BCUT2D eigenvalue weighted by Crippen LogP contribution is -2.86. The number of rotatable bonds is 46. The Labute approximate surface area is 357 Å². The highest BCUT2D eigenvalue weighted by atomic mass is 16.4. The number of hydrogen-bond acceptors (Lipinski definition) is 2. The minimum absolute atomic E-state index is 0.245. The number of hydrogen-bond donors (Lipinski definition) is 2. The van der Waals surface area contributed by atoms with Gasteiger partial charge in [0.25, 0.3) is 0 Å². The van der Waals surface area contributed by atoms with E-state index in [2.05, 4.69) is 41.5 Å². The van der Waals surface area contributed by atoms with E-state index < -0.39 is 17.6 Å². The van der Waals surface area contributed by atoms with Gasteiger partial charge in [-0.1, -0.05) is 196 Å². The van der Waals surface area contributed by atoms with E-state index in [0.717, 1.165) is 116 Å². The first kappa shape index (κ1) is 55.9. The smallest absolute Gasteiger partial charge is 0.439 e. The average molecular weight is 809 g/mol. The third kappa shape index (κ3) is 22.3. The topological polar surface area (TPSA) is 74.6 Å². The van der Waals surface area contributed by atoms with E-state index in [4.69, 9.17) is 0 Å². The molecule has 0 amide bonds. The van der Waals surface area contributed by atoms with Crippen molar-refractivity contribution in [1.29, 1.82) is 0 Å². The zero-order valence-corrected chi connectivity index (χ0v) is 39.8. The first-order valence-corrected chi connectivity index (χ1v) is 25.9. The molecule has 0 saturated carbocycles. The fourth-order valence-electron chi connectivity index (χ4n) is 10.2. The van der Waals surface area contributed by atoms with Crippen LogP contribution >= 0.6 is 0 Å². The lowest BCUT2D eigenvalue weighted by Gasteiger charge is -2.57. The maximum Gasteiger partial charge on any atom is 0.439 e. The van der Waals surface area contributed by atoms with E-state index in [1.54, 1.807) is 0 Å². The third-order valence-corrected chi connectivity index (χ3v) is 13.6. The molecular formula is C51H104N2O4+2. The number of carboxylic acids is 2. The Hall–Kier alpha value is -1.14. The van der Waals surface area contributed by atoms with Crippen LogP contribution in [0.25, 0.3) is 0 Å². The molecule has 0 spiro atoms. The molecule has 0 radical (unpaired) electrons. The van der Waals surface area contributed by atoms with Crippen molar-refractivity contribution in [1.82, 2.24) is 0 Å². The van der Waals surface area contributed by atoms with Crippen molar-refractivity contribution in [3.8, 4) is 0 Å². The molecule has 0 atom stereocenters. The SMILES string of the molecule is CCCCCCCC[N+](CCCCCCCC)(CCCCCCCC)C(C(=O)O)(C(=O)O)[N+](CCCCCCCC)(CCCCCCCC)CCCCCCCC. The molecule has 0 rings (SSSR count). The molecule has 2 N–H and O–H groups in total. The van der Waals surface area contributed by atoms with Crippen LogP contribution in [0.3, 0.4) is 0 Å². The number of aliphatic carboxylic acids is 2. The number of quaternary nitrogens is 2. The molecular weight excluding hydrogens is 705 g/mol. The van der Waals surface area contributed by atoms with Crippen LogP contribution in [0, 0.1) is 0 Å². The molecule has 6 heteroatoms. The Morgan fingerprint density at radius 1 is 0.281 bits per heavy atom. The van der Waals surface area contributed by atoms with Gasteiger partial charge < -0.3 is 10.2 Å². The maximum atomic E-state index is 14.8. The van der Waals surface area contributed by atoms with Crippen molar-refractivity contribution in [3.05, 3.63) is 0 Å². The van der Waals surface area contributed by atoms with E-state index in [1.807, 2.05) is 0 Å². The summed E-state index contributed by atoms with van der Waals surface area (Å²) < 4.78 is 0.489. The van der Waals surface area contributed by atoms with Crippen molar-refractivity contribution in [2.45, 2.75) is 278 Å². The van der Waals surface area contributed by atoms with Crippen molar-refractivity contribution >= 4 is 11.9 Å². The van der Waals surface area contributed by atoms with Crippen LogP contribution < -0.4 is 0 Å². The Morgan fingerprint density at radius 3 is 0.561 bits per heavy atom. The molecule has 0 fully saturated rings. The Bertz CT molecular complexity index is 754. The zero-order chi connectivity index (χ0) is 42.4. The van der Waals surface area contributed by atoms with Gasteiger partial charge in [-0.25, -0.2) is 9.59 Å². The summed E-state index contributed by atoms with van der Waals surface area (Å²) in [6.45, 7) is 17.6. The quantitative estimate of drug-likeness (QED) is 0.0278. The molecule has 0 aromatic rings.